The first-order valence-corrected chi connectivity index (χ1v) is 9.82. The molecule has 0 spiro atoms. The molecule has 6 heteroatoms. The summed E-state index contributed by atoms with van der Waals surface area (Å²) in [6.45, 7) is 5.18. The largest absolute Gasteiger partial charge is 0.379 e. The first kappa shape index (κ1) is 18.3. The van der Waals surface area contributed by atoms with Crippen LogP contribution in [-0.4, -0.2) is 55.1 Å². The molecule has 1 amide bonds. The Morgan fingerprint density at radius 3 is 2.70 bits per heavy atom. The lowest BCUT2D eigenvalue weighted by Crippen LogP contribution is -2.44. The fraction of sp³-hybridized carbons (Fsp3) is 0.381. The van der Waals surface area contributed by atoms with Gasteiger partial charge in [-0.15, -0.1) is 0 Å². The van der Waals surface area contributed by atoms with Crippen molar-refractivity contribution in [1.82, 2.24) is 9.80 Å². The Balaban J connectivity index is 1.54. The molecule has 2 heterocycles. The minimum absolute atomic E-state index is 0.0660. The van der Waals surface area contributed by atoms with Gasteiger partial charge < -0.3 is 15.0 Å². The molecule has 2 aromatic carbocycles. The second-order valence-corrected chi connectivity index (χ2v) is 7.39. The van der Waals surface area contributed by atoms with Gasteiger partial charge in [0.1, 0.15) is 6.17 Å². The maximum atomic E-state index is 13.2. The molecule has 0 unspecified atom stereocenters. The van der Waals surface area contributed by atoms with Crippen LogP contribution in [0.3, 0.4) is 0 Å². The molecule has 2 aromatic rings. The molecular formula is C21H24ClN3O2. The van der Waals surface area contributed by atoms with Crippen LogP contribution < -0.4 is 5.32 Å². The van der Waals surface area contributed by atoms with Crippen LogP contribution in [0, 0.1) is 0 Å². The number of morpholine rings is 1. The number of carbonyl (C=O) groups is 1. The Bertz CT molecular complexity index is 808. The van der Waals surface area contributed by atoms with Gasteiger partial charge in [-0.1, -0.05) is 35.9 Å². The summed E-state index contributed by atoms with van der Waals surface area (Å²) in [5.41, 5.74) is 2.59. The third kappa shape index (κ3) is 4.10. The van der Waals surface area contributed by atoms with Crippen molar-refractivity contribution in [2.75, 3.05) is 44.7 Å². The van der Waals surface area contributed by atoms with Crippen molar-refractivity contribution in [3.63, 3.8) is 0 Å². The zero-order valence-corrected chi connectivity index (χ0v) is 16.0. The summed E-state index contributed by atoms with van der Waals surface area (Å²) in [6.07, 6.45) is 0.711. The lowest BCUT2D eigenvalue weighted by molar-refractivity contribution is 0.0348. The summed E-state index contributed by atoms with van der Waals surface area (Å²) in [5.74, 6) is 0.0660. The predicted octanol–water partition coefficient (Wildman–Crippen LogP) is 3.63. The molecule has 1 fully saturated rings. The topological polar surface area (TPSA) is 44.8 Å². The number of halogens is 1. The van der Waals surface area contributed by atoms with Crippen LogP contribution in [0.15, 0.2) is 48.5 Å². The van der Waals surface area contributed by atoms with Crippen LogP contribution >= 0.6 is 11.6 Å². The van der Waals surface area contributed by atoms with E-state index in [2.05, 4.69) is 10.2 Å². The summed E-state index contributed by atoms with van der Waals surface area (Å²) in [6, 6.07) is 15.4. The summed E-state index contributed by atoms with van der Waals surface area (Å²) in [5, 5.41) is 4.20. The molecule has 142 valence electrons. The number of nitrogens with zero attached hydrogens (tertiary/aromatic N) is 2. The van der Waals surface area contributed by atoms with Crippen LogP contribution in [-0.2, 0) is 4.74 Å². The number of rotatable bonds is 5. The van der Waals surface area contributed by atoms with Gasteiger partial charge in [0.05, 0.1) is 18.8 Å². The lowest BCUT2D eigenvalue weighted by atomic mass is 10.0. The highest BCUT2D eigenvalue weighted by atomic mass is 35.5. The third-order valence-corrected chi connectivity index (χ3v) is 5.40. The zero-order chi connectivity index (χ0) is 18.6. The van der Waals surface area contributed by atoms with E-state index in [-0.39, 0.29) is 12.1 Å². The highest BCUT2D eigenvalue weighted by molar-refractivity contribution is 6.30. The van der Waals surface area contributed by atoms with Crippen molar-refractivity contribution in [3.8, 4) is 0 Å². The molecule has 0 aliphatic carbocycles. The molecule has 5 nitrogen and oxygen atoms in total. The van der Waals surface area contributed by atoms with Crippen molar-refractivity contribution in [2.24, 2.45) is 0 Å². The van der Waals surface area contributed by atoms with E-state index >= 15 is 0 Å². The van der Waals surface area contributed by atoms with E-state index < -0.39 is 0 Å². The van der Waals surface area contributed by atoms with Gasteiger partial charge in [-0.25, -0.2) is 0 Å². The standard InChI is InChI=1S/C21H24ClN3O2/c22-17-6-3-5-16(15-17)20-23-19-8-2-1-7-18(19)21(26)25(20)10-4-9-24-11-13-27-14-12-24/h1-3,5-8,15,20,23H,4,9-14H2/t20-/m0/s1. The maximum Gasteiger partial charge on any atom is 0.257 e. The zero-order valence-electron chi connectivity index (χ0n) is 15.2. The molecule has 2 aliphatic rings. The first-order chi connectivity index (χ1) is 13.2. The average Bonchev–Trinajstić information content (AvgIpc) is 2.70. The Morgan fingerprint density at radius 2 is 1.89 bits per heavy atom. The van der Waals surface area contributed by atoms with E-state index in [9.17, 15) is 4.79 Å². The van der Waals surface area contributed by atoms with Crippen LogP contribution in [0.1, 0.15) is 28.5 Å². The summed E-state index contributed by atoms with van der Waals surface area (Å²) in [4.78, 5) is 17.5. The van der Waals surface area contributed by atoms with Gasteiger partial charge in [-0.05, 0) is 36.2 Å². The Kier molecular flexibility index (Phi) is 5.62. The van der Waals surface area contributed by atoms with Gasteiger partial charge in [0.15, 0.2) is 0 Å². The number of carbonyl (C=O) groups excluding carboxylic acids is 1. The minimum atomic E-state index is -0.212. The number of anilines is 1. The van der Waals surface area contributed by atoms with E-state index in [1.165, 1.54) is 0 Å². The van der Waals surface area contributed by atoms with Crippen molar-refractivity contribution in [1.29, 1.82) is 0 Å². The number of hydrogen-bond acceptors (Lipinski definition) is 4. The maximum absolute atomic E-state index is 13.2. The summed E-state index contributed by atoms with van der Waals surface area (Å²) < 4.78 is 5.41. The number of para-hydroxylation sites is 1. The van der Waals surface area contributed by atoms with E-state index in [4.69, 9.17) is 16.3 Å². The molecular weight excluding hydrogens is 362 g/mol. The van der Waals surface area contributed by atoms with Gasteiger partial charge in [0.25, 0.3) is 5.91 Å². The van der Waals surface area contributed by atoms with E-state index in [1.807, 2.05) is 53.4 Å². The molecule has 1 N–H and O–H groups in total. The molecule has 0 aromatic heterocycles. The predicted molar refractivity (Wildman–Crippen MR) is 107 cm³/mol. The molecule has 4 rings (SSSR count). The number of nitrogens with one attached hydrogen (secondary N) is 1. The second kappa shape index (κ2) is 8.30. The smallest absolute Gasteiger partial charge is 0.257 e. The van der Waals surface area contributed by atoms with E-state index in [0.717, 1.165) is 56.1 Å². The van der Waals surface area contributed by atoms with Crippen LogP contribution in [0.4, 0.5) is 5.69 Å². The fourth-order valence-electron chi connectivity index (χ4n) is 3.75. The van der Waals surface area contributed by atoms with Gasteiger partial charge >= 0.3 is 0 Å². The van der Waals surface area contributed by atoms with E-state index in [1.54, 1.807) is 0 Å². The molecule has 1 saturated heterocycles. The second-order valence-electron chi connectivity index (χ2n) is 6.95. The minimum Gasteiger partial charge on any atom is -0.379 e. The highest BCUT2D eigenvalue weighted by Gasteiger charge is 2.32. The van der Waals surface area contributed by atoms with Gasteiger partial charge in [0, 0.05) is 36.9 Å². The number of fused-ring (bicyclic) bond motifs is 1. The van der Waals surface area contributed by atoms with Crippen molar-refractivity contribution in [2.45, 2.75) is 12.6 Å². The van der Waals surface area contributed by atoms with Gasteiger partial charge in [0.2, 0.25) is 0 Å². The average molecular weight is 386 g/mol. The lowest BCUT2D eigenvalue weighted by Gasteiger charge is -2.38. The highest BCUT2D eigenvalue weighted by Crippen LogP contribution is 2.33. The SMILES string of the molecule is O=C1c2ccccc2N[C@H](c2cccc(Cl)c2)N1CCCN1CCOCC1. The van der Waals surface area contributed by atoms with Crippen LogP contribution in [0.25, 0.3) is 0 Å². The number of benzene rings is 2. The number of amides is 1. The van der Waals surface area contributed by atoms with Crippen LogP contribution in [0.2, 0.25) is 5.02 Å². The third-order valence-electron chi connectivity index (χ3n) is 5.16. The molecule has 1 atom stereocenters. The Labute approximate surface area is 164 Å². The normalized spacial score (nSPS) is 20.3. The quantitative estimate of drug-likeness (QED) is 0.853. The Hall–Kier alpha value is -2.08. The Morgan fingerprint density at radius 1 is 1.07 bits per heavy atom. The molecule has 27 heavy (non-hydrogen) atoms. The molecule has 0 radical (unpaired) electrons. The molecule has 0 bridgehead atoms. The fourth-order valence-corrected chi connectivity index (χ4v) is 3.95. The first-order valence-electron chi connectivity index (χ1n) is 9.44. The molecule has 2 aliphatic heterocycles. The summed E-state index contributed by atoms with van der Waals surface area (Å²) in [7, 11) is 0. The molecule has 0 saturated carbocycles. The van der Waals surface area contributed by atoms with Crippen LogP contribution in [0.5, 0.6) is 0 Å². The van der Waals surface area contributed by atoms with Crippen molar-refractivity contribution >= 4 is 23.2 Å². The van der Waals surface area contributed by atoms with Crippen molar-refractivity contribution in [3.05, 3.63) is 64.7 Å². The summed E-state index contributed by atoms with van der Waals surface area (Å²) >= 11 is 6.20. The van der Waals surface area contributed by atoms with Crippen molar-refractivity contribution < 1.29 is 9.53 Å². The van der Waals surface area contributed by atoms with Gasteiger partial charge in [-0.3, -0.25) is 9.69 Å². The van der Waals surface area contributed by atoms with Gasteiger partial charge in [-0.2, -0.15) is 0 Å². The van der Waals surface area contributed by atoms with E-state index in [0.29, 0.717) is 11.6 Å². The number of hydrogen-bond donors (Lipinski definition) is 1. The monoisotopic (exact) mass is 385 g/mol. The number of ether oxygens (including phenoxy) is 1.